The summed E-state index contributed by atoms with van der Waals surface area (Å²) in [6.45, 7) is 0.456. The van der Waals surface area contributed by atoms with Crippen LogP contribution in [-0.4, -0.2) is 34.2 Å². The van der Waals surface area contributed by atoms with E-state index >= 15 is 0 Å². The summed E-state index contributed by atoms with van der Waals surface area (Å²) in [4.78, 5) is 48.3. The molecule has 0 aromatic heterocycles. The lowest BCUT2D eigenvalue weighted by Gasteiger charge is -2.22. The standard InChI is InChI=1S/C19H14ClF3N4O5/c1-18(10-5-7-11(8-6-10)27(31)32)16(29)26(17(30)25-18)9-14(28)24-15-12(19(21,22)23)3-2-4-13(15)20/h2-8H,9H2,1H3,(H,24,28)(H,25,30)/t18-/m0/s1. The molecule has 1 saturated heterocycles. The fourth-order valence-electron chi connectivity index (χ4n) is 3.16. The van der Waals surface area contributed by atoms with Crippen molar-refractivity contribution >= 4 is 40.8 Å². The summed E-state index contributed by atoms with van der Waals surface area (Å²) >= 11 is 5.79. The van der Waals surface area contributed by atoms with Crippen LogP contribution >= 0.6 is 11.6 Å². The largest absolute Gasteiger partial charge is 0.418 e. The van der Waals surface area contributed by atoms with Gasteiger partial charge in [0.05, 0.1) is 21.2 Å². The first-order valence-corrected chi connectivity index (χ1v) is 9.27. The number of halogens is 4. The van der Waals surface area contributed by atoms with Crippen LogP contribution in [-0.2, 0) is 21.3 Å². The minimum atomic E-state index is -4.80. The Labute approximate surface area is 183 Å². The molecule has 2 aromatic rings. The van der Waals surface area contributed by atoms with Gasteiger partial charge in [-0.25, -0.2) is 4.79 Å². The lowest BCUT2D eigenvalue weighted by Crippen LogP contribution is -2.42. The van der Waals surface area contributed by atoms with Crippen molar-refractivity contribution < 1.29 is 32.5 Å². The van der Waals surface area contributed by atoms with E-state index in [9.17, 15) is 37.7 Å². The number of nitrogens with zero attached hydrogens (tertiary/aromatic N) is 2. The zero-order valence-electron chi connectivity index (χ0n) is 16.2. The van der Waals surface area contributed by atoms with E-state index in [4.69, 9.17) is 11.6 Å². The van der Waals surface area contributed by atoms with Crippen molar-refractivity contribution in [2.75, 3.05) is 11.9 Å². The molecule has 1 aliphatic rings. The first-order valence-electron chi connectivity index (χ1n) is 8.89. The molecular formula is C19H14ClF3N4O5. The van der Waals surface area contributed by atoms with Crippen LogP contribution in [0.4, 0.5) is 29.3 Å². The minimum Gasteiger partial charge on any atom is -0.323 e. The number of carbonyl (C=O) groups excluding carboxylic acids is 3. The number of hydrogen-bond donors (Lipinski definition) is 2. The van der Waals surface area contributed by atoms with Crippen molar-refractivity contribution in [1.29, 1.82) is 0 Å². The Morgan fingerprint density at radius 2 is 1.84 bits per heavy atom. The molecule has 2 aromatic carbocycles. The summed E-state index contributed by atoms with van der Waals surface area (Å²) in [5.74, 6) is -1.94. The van der Waals surface area contributed by atoms with Crippen LogP contribution in [0.15, 0.2) is 42.5 Å². The van der Waals surface area contributed by atoms with Gasteiger partial charge >= 0.3 is 12.2 Å². The van der Waals surface area contributed by atoms with E-state index < -0.39 is 52.3 Å². The average Bonchev–Trinajstić information content (AvgIpc) is 2.92. The van der Waals surface area contributed by atoms with Crippen LogP contribution < -0.4 is 10.6 Å². The maximum atomic E-state index is 13.2. The SMILES string of the molecule is C[C@@]1(c2ccc([N+](=O)[O-])cc2)NC(=O)N(CC(=O)Nc2c(Cl)cccc2C(F)(F)F)C1=O. The Balaban J connectivity index is 1.81. The third-order valence-electron chi connectivity index (χ3n) is 4.82. The quantitative estimate of drug-likeness (QED) is 0.392. The number of non-ortho nitro benzene ring substituents is 1. The molecule has 9 nitrogen and oxygen atoms in total. The zero-order valence-corrected chi connectivity index (χ0v) is 17.0. The number of rotatable bonds is 5. The zero-order chi connectivity index (χ0) is 23.8. The van der Waals surface area contributed by atoms with Gasteiger partial charge in [-0.15, -0.1) is 0 Å². The molecule has 4 amide bonds. The number of imide groups is 1. The number of nitro groups is 1. The number of para-hydroxylation sites is 1. The summed E-state index contributed by atoms with van der Waals surface area (Å²) in [6.07, 6.45) is -4.80. The van der Waals surface area contributed by atoms with Gasteiger partial charge in [0, 0.05) is 12.1 Å². The maximum Gasteiger partial charge on any atom is 0.418 e. The molecule has 3 rings (SSSR count). The topological polar surface area (TPSA) is 122 Å². The second-order valence-electron chi connectivity index (χ2n) is 6.96. The van der Waals surface area contributed by atoms with E-state index in [-0.39, 0.29) is 16.3 Å². The normalized spacial score (nSPS) is 18.5. The molecule has 13 heteroatoms. The number of benzene rings is 2. The third kappa shape index (κ3) is 4.21. The second-order valence-corrected chi connectivity index (χ2v) is 7.37. The highest BCUT2D eigenvalue weighted by Gasteiger charge is 2.49. The first-order chi connectivity index (χ1) is 14.8. The Kier molecular flexibility index (Phi) is 5.83. The molecule has 1 heterocycles. The minimum absolute atomic E-state index is 0.217. The number of amides is 4. The lowest BCUT2D eigenvalue weighted by atomic mass is 9.92. The molecule has 0 bridgehead atoms. The fraction of sp³-hybridized carbons (Fsp3) is 0.211. The van der Waals surface area contributed by atoms with Gasteiger partial charge in [0.25, 0.3) is 11.6 Å². The van der Waals surface area contributed by atoms with E-state index in [0.717, 1.165) is 30.3 Å². The van der Waals surface area contributed by atoms with Gasteiger partial charge in [0.1, 0.15) is 12.1 Å². The van der Waals surface area contributed by atoms with E-state index in [2.05, 4.69) is 5.32 Å². The van der Waals surface area contributed by atoms with Gasteiger partial charge in [-0.3, -0.25) is 24.6 Å². The Morgan fingerprint density at radius 3 is 2.41 bits per heavy atom. The van der Waals surface area contributed by atoms with Crippen molar-refractivity contribution in [3.63, 3.8) is 0 Å². The van der Waals surface area contributed by atoms with Crippen molar-refractivity contribution in [2.24, 2.45) is 0 Å². The van der Waals surface area contributed by atoms with Crippen LogP contribution in [0.5, 0.6) is 0 Å². The van der Waals surface area contributed by atoms with E-state index in [1.54, 1.807) is 0 Å². The molecule has 1 aliphatic heterocycles. The van der Waals surface area contributed by atoms with Crippen molar-refractivity contribution in [2.45, 2.75) is 18.6 Å². The monoisotopic (exact) mass is 470 g/mol. The number of anilines is 1. The van der Waals surface area contributed by atoms with Crippen molar-refractivity contribution in [3.8, 4) is 0 Å². The highest BCUT2D eigenvalue weighted by Crippen LogP contribution is 2.38. The second kappa shape index (κ2) is 8.11. The smallest absolute Gasteiger partial charge is 0.323 e. The van der Waals surface area contributed by atoms with Gasteiger partial charge in [-0.05, 0) is 36.8 Å². The predicted octanol–water partition coefficient (Wildman–Crippen LogP) is 3.67. The third-order valence-corrected chi connectivity index (χ3v) is 5.13. The number of hydrogen-bond acceptors (Lipinski definition) is 5. The molecule has 0 aliphatic carbocycles. The summed E-state index contributed by atoms with van der Waals surface area (Å²) in [5, 5.41) is 14.8. The van der Waals surface area contributed by atoms with Crippen molar-refractivity contribution in [3.05, 3.63) is 68.7 Å². The van der Waals surface area contributed by atoms with Crippen LogP contribution in [0.2, 0.25) is 5.02 Å². The Morgan fingerprint density at radius 1 is 1.22 bits per heavy atom. The molecule has 0 spiro atoms. The molecule has 1 fully saturated rings. The fourth-order valence-corrected chi connectivity index (χ4v) is 3.38. The van der Waals surface area contributed by atoms with Crippen LogP contribution in [0, 0.1) is 10.1 Å². The van der Waals surface area contributed by atoms with Crippen molar-refractivity contribution in [1.82, 2.24) is 10.2 Å². The maximum absolute atomic E-state index is 13.2. The summed E-state index contributed by atoms with van der Waals surface area (Å²) in [7, 11) is 0. The van der Waals surface area contributed by atoms with Gasteiger partial charge in [-0.1, -0.05) is 17.7 Å². The van der Waals surface area contributed by atoms with E-state index in [1.807, 2.05) is 5.32 Å². The summed E-state index contributed by atoms with van der Waals surface area (Å²) < 4.78 is 39.6. The number of carbonyl (C=O) groups is 3. The highest BCUT2D eigenvalue weighted by atomic mass is 35.5. The number of nitro benzene ring substituents is 1. The predicted molar refractivity (Wildman–Crippen MR) is 106 cm³/mol. The van der Waals surface area contributed by atoms with Gasteiger partial charge in [0.15, 0.2) is 0 Å². The van der Waals surface area contributed by atoms with Crippen LogP contribution in [0.1, 0.15) is 18.1 Å². The summed E-state index contributed by atoms with van der Waals surface area (Å²) in [6, 6.07) is 6.82. The number of nitrogens with one attached hydrogen (secondary N) is 2. The molecule has 1 atom stereocenters. The van der Waals surface area contributed by atoms with Gasteiger partial charge in [-0.2, -0.15) is 13.2 Å². The lowest BCUT2D eigenvalue weighted by molar-refractivity contribution is -0.384. The molecule has 32 heavy (non-hydrogen) atoms. The molecule has 0 unspecified atom stereocenters. The van der Waals surface area contributed by atoms with Crippen LogP contribution in [0.3, 0.4) is 0 Å². The van der Waals surface area contributed by atoms with E-state index in [1.165, 1.54) is 19.1 Å². The highest BCUT2D eigenvalue weighted by molar-refractivity contribution is 6.34. The molecule has 168 valence electrons. The Bertz CT molecular complexity index is 1120. The van der Waals surface area contributed by atoms with Gasteiger partial charge in [0.2, 0.25) is 5.91 Å². The van der Waals surface area contributed by atoms with Gasteiger partial charge < -0.3 is 10.6 Å². The number of alkyl halides is 3. The average molecular weight is 471 g/mol. The number of urea groups is 1. The molecular weight excluding hydrogens is 457 g/mol. The molecule has 2 N–H and O–H groups in total. The Hall–Kier alpha value is -3.67. The van der Waals surface area contributed by atoms with Crippen LogP contribution in [0.25, 0.3) is 0 Å². The summed E-state index contributed by atoms with van der Waals surface area (Å²) in [5.41, 5.74) is -3.53. The molecule has 0 radical (unpaired) electrons. The van der Waals surface area contributed by atoms with E-state index in [0.29, 0.717) is 4.90 Å². The first kappa shape index (κ1) is 23.0. The molecule has 0 saturated carbocycles.